The van der Waals surface area contributed by atoms with Crippen LogP contribution in [-0.4, -0.2) is 24.4 Å². The normalized spacial score (nSPS) is 11.5. The lowest BCUT2D eigenvalue weighted by molar-refractivity contribution is 0.600. The number of sulfonamides is 1. The Bertz CT molecular complexity index is 648. The second kappa shape index (κ2) is 5.66. The summed E-state index contributed by atoms with van der Waals surface area (Å²) in [6.07, 6.45) is 0.480. The number of hydrogen-bond donors (Lipinski definition) is 1. The Morgan fingerprint density at radius 1 is 1.16 bits per heavy atom. The summed E-state index contributed by atoms with van der Waals surface area (Å²) in [7, 11) is -3.37. The van der Waals surface area contributed by atoms with Gasteiger partial charge in [-0.05, 0) is 25.8 Å². The Hall–Kier alpha value is -1.47. The summed E-state index contributed by atoms with van der Waals surface area (Å²) >= 11 is 1.23. The molecule has 1 aromatic heterocycles. The van der Waals surface area contributed by atoms with E-state index in [2.05, 4.69) is 14.9 Å². The highest BCUT2D eigenvalue weighted by Crippen LogP contribution is 2.15. The van der Waals surface area contributed by atoms with Gasteiger partial charge in [-0.2, -0.15) is 0 Å². The number of hydrogen-bond acceptors (Lipinski definition) is 5. The molecule has 0 atom stereocenters. The summed E-state index contributed by atoms with van der Waals surface area (Å²) in [6, 6.07) is 7.84. The van der Waals surface area contributed by atoms with Gasteiger partial charge < -0.3 is 0 Å². The van der Waals surface area contributed by atoms with Crippen molar-refractivity contribution in [3.8, 4) is 0 Å². The van der Waals surface area contributed by atoms with Gasteiger partial charge in [0.1, 0.15) is 5.01 Å². The summed E-state index contributed by atoms with van der Waals surface area (Å²) < 4.78 is 26.2. The molecule has 0 aliphatic heterocycles. The van der Waals surface area contributed by atoms with Crippen LogP contribution in [-0.2, 0) is 16.4 Å². The maximum absolute atomic E-state index is 11.9. The van der Waals surface area contributed by atoms with Gasteiger partial charge in [0.2, 0.25) is 15.2 Å². The van der Waals surface area contributed by atoms with E-state index in [1.54, 1.807) is 6.92 Å². The predicted octanol–water partition coefficient (Wildman–Crippen LogP) is 2.14. The molecule has 2 rings (SSSR count). The number of nitrogens with one attached hydrogen (secondary N) is 1. The van der Waals surface area contributed by atoms with Gasteiger partial charge in [-0.15, -0.1) is 10.2 Å². The van der Waals surface area contributed by atoms with Crippen LogP contribution in [0.4, 0.5) is 5.13 Å². The van der Waals surface area contributed by atoms with Gasteiger partial charge in [-0.1, -0.05) is 41.2 Å². The zero-order valence-corrected chi connectivity index (χ0v) is 12.4. The third-order valence-corrected chi connectivity index (χ3v) is 4.68. The van der Waals surface area contributed by atoms with E-state index < -0.39 is 10.0 Å². The largest absolute Gasteiger partial charge is 0.257 e. The summed E-state index contributed by atoms with van der Waals surface area (Å²) in [5, 5.41) is 8.57. The predicted molar refractivity (Wildman–Crippen MR) is 76.9 cm³/mol. The van der Waals surface area contributed by atoms with Gasteiger partial charge in [-0.25, -0.2) is 8.42 Å². The molecule has 0 spiro atoms. The lowest BCUT2D eigenvalue weighted by atomic mass is 10.1. The molecule has 0 saturated carbocycles. The van der Waals surface area contributed by atoms with Crippen LogP contribution < -0.4 is 4.72 Å². The number of nitrogens with zero attached hydrogens (tertiary/aromatic N) is 2. The van der Waals surface area contributed by atoms with E-state index >= 15 is 0 Å². The first-order chi connectivity index (χ1) is 8.94. The topological polar surface area (TPSA) is 72.0 Å². The lowest BCUT2D eigenvalue weighted by Gasteiger charge is -2.05. The molecule has 7 heteroatoms. The molecule has 1 heterocycles. The minimum Gasteiger partial charge on any atom is -0.257 e. The minimum atomic E-state index is -3.37. The van der Waals surface area contributed by atoms with Crippen LogP contribution in [0.25, 0.3) is 0 Å². The van der Waals surface area contributed by atoms with Crippen LogP contribution in [0, 0.1) is 13.8 Å². The second-order valence-electron chi connectivity index (χ2n) is 4.28. The van der Waals surface area contributed by atoms with Crippen LogP contribution in [0.5, 0.6) is 0 Å². The zero-order chi connectivity index (χ0) is 13.9. The minimum absolute atomic E-state index is 0.0364. The monoisotopic (exact) mass is 297 g/mol. The van der Waals surface area contributed by atoms with E-state index in [1.807, 2.05) is 31.2 Å². The van der Waals surface area contributed by atoms with Gasteiger partial charge in [0, 0.05) is 0 Å². The average Bonchev–Trinajstić information content (AvgIpc) is 2.73. The van der Waals surface area contributed by atoms with E-state index in [0.29, 0.717) is 11.6 Å². The molecule has 1 aromatic carbocycles. The van der Waals surface area contributed by atoms with Crippen LogP contribution in [0.2, 0.25) is 0 Å². The Kier molecular flexibility index (Phi) is 4.16. The number of anilines is 1. The van der Waals surface area contributed by atoms with Gasteiger partial charge in [-0.3, -0.25) is 4.72 Å². The first kappa shape index (κ1) is 14.0. The summed E-state index contributed by atoms with van der Waals surface area (Å²) in [6.45, 7) is 3.78. The Balaban J connectivity index is 1.96. The maximum atomic E-state index is 11.9. The Morgan fingerprint density at radius 3 is 2.42 bits per heavy atom. The smallest absolute Gasteiger partial charge is 0.234 e. The molecule has 5 nitrogen and oxygen atoms in total. The van der Waals surface area contributed by atoms with E-state index in [0.717, 1.165) is 16.1 Å². The standard InChI is InChI=1S/C12H15N3O2S2/c1-9-3-5-11(6-4-9)7-8-19(16,17)15-12-14-13-10(2)18-12/h3-6H,7-8H2,1-2H3,(H,14,15). The quantitative estimate of drug-likeness (QED) is 0.917. The first-order valence-corrected chi connectivity index (χ1v) is 8.28. The van der Waals surface area contributed by atoms with Crippen LogP contribution in [0.15, 0.2) is 24.3 Å². The molecule has 0 fully saturated rings. The van der Waals surface area contributed by atoms with Crippen molar-refractivity contribution in [2.45, 2.75) is 20.3 Å². The number of benzene rings is 1. The zero-order valence-electron chi connectivity index (χ0n) is 10.8. The summed E-state index contributed by atoms with van der Waals surface area (Å²) in [5.74, 6) is 0.0364. The van der Waals surface area contributed by atoms with Gasteiger partial charge in [0.05, 0.1) is 5.75 Å². The van der Waals surface area contributed by atoms with Crippen molar-refractivity contribution in [2.24, 2.45) is 0 Å². The molecule has 0 saturated heterocycles. The number of rotatable bonds is 5. The fourth-order valence-electron chi connectivity index (χ4n) is 1.53. The van der Waals surface area contributed by atoms with Gasteiger partial charge in [0.25, 0.3) is 0 Å². The maximum Gasteiger partial charge on any atom is 0.234 e. The van der Waals surface area contributed by atoms with Gasteiger partial charge in [0.15, 0.2) is 0 Å². The molecule has 0 aliphatic rings. The van der Waals surface area contributed by atoms with Crippen molar-refractivity contribution >= 4 is 26.5 Å². The van der Waals surface area contributed by atoms with Crippen molar-refractivity contribution in [3.63, 3.8) is 0 Å². The molecule has 102 valence electrons. The molecule has 0 unspecified atom stereocenters. The molecule has 0 aliphatic carbocycles. The van der Waals surface area contributed by atoms with Crippen LogP contribution >= 0.6 is 11.3 Å². The van der Waals surface area contributed by atoms with Crippen molar-refractivity contribution in [2.75, 3.05) is 10.5 Å². The second-order valence-corrected chi connectivity index (χ2v) is 7.31. The van der Waals surface area contributed by atoms with E-state index in [-0.39, 0.29) is 5.75 Å². The van der Waals surface area contributed by atoms with E-state index in [4.69, 9.17) is 0 Å². The van der Waals surface area contributed by atoms with Crippen LogP contribution in [0.3, 0.4) is 0 Å². The molecule has 0 radical (unpaired) electrons. The molecule has 19 heavy (non-hydrogen) atoms. The summed E-state index contributed by atoms with van der Waals surface area (Å²) in [4.78, 5) is 0. The molecule has 2 aromatic rings. The molecule has 1 N–H and O–H groups in total. The van der Waals surface area contributed by atoms with E-state index in [9.17, 15) is 8.42 Å². The van der Waals surface area contributed by atoms with Gasteiger partial charge >= 0.3 is 0 Å². The molecule has 0 bridgehead atoms. The molecular formula is C12H15N3O2S2. The van der Waals surface area contributed by atoms with Crippen molar-refractivity contribution < 1.29 is 8.42 Å². The summed E-state index contributed by atoms with van der Waals surface area (Å²) in [5.41, 5.74) is 2.17. The Labute approximate surface area is 116 Å². The fraction of sp³-hybridized carbons (Fsp3) is 0.333. The lowest BCUT2D eigenvalue weighted by Crippen LogP contribution is -2.18. The van der Waals surface area contributed by atoms with Crippen molar-refractivity contribution in [1.29, 1.82) is 0 Å². The highest BCUT2D eigenvalue weighted by Gasteiger charge is 2.13. The number of aryl methyl sites for hydroxylation is 3. The van der Waals surface area contributed by atoms with Crippen LogP contribution in [0.1, 0.15) is 16.1 Å². The third kappa shape index (κ3) is 4.29. The first-order valence-electron chi connectivity index (χ1n) is 5.81. The SMILES string of the molecule is Cc1ccc(CCS(=O)(=O)Nc2nnc(C)s2)cc1. The van der Waals surface area contributed by atoms with Crippen molar-refractivity contribution in [1.82, 2.24) is 10.2 Å². The molecule has 0 amide bonds. The third-order valence-electron chi connectivity index (χ3n) is 2.55. The highest BCUT2D eigenvalue weighted by atomic mass is 32.2. The highest BCUT2D eigenvalue weighted by molar-refractivity contribution is 7.92. The Morgan fingerprint density at radius 2 is 1.84 bits per heavy atom. The van der Waals surface area contributed by atoms with E-state index in [1.165, 1.54) is 11.3 Å². The molecular weight excluding hydrogens is 282 g/mol. The number of aromatic nitrogens is 2. The fourth-order valence-corrected chi connectivity index (χ4v) is 3.43. The van der Waals surface area contributed by atoms with Crippen molar-refractivity contribution in [3.05, 3.63) is 40.4 Å². The average molecular weight is 297 g/mol.